The Balaban J connectivity index is 2.37. The van der Waals surface area contributed by atoms with E-state index in [4.69, 9.17) is 5.73 Å². The van der Waals surface area contributed by atoms with E-state index in [2.05, 4.69) is 43.7 Å². The van der Waals surface area contributed by atoms with Crippen LogP contribution in [0.25, 0.3) is 0 Å². The number of nitrogens with zero attached hydrogens (tertiary/aromatic N) is 2. The summed E-state index contributed by atoms with van der Waals surface area (Å²) in [6.07, 6.45) is 0.872. The number of aryl methyl sites for hydroxylation is 1. The predicted molar refractivity (Wildman–Crippen MR) is 72.8 cm³/mol. The highest BCUT2D eigenvalue weighted by atomic mass is 79.9. The summed E-state index contributed by atoms with van der Waals surface area (Å²) in [7, 11) is 2.02. The summed E-state index contributed by atoms with van der Waals surface area (Å²) in [5.74, 6) is 0.935. The minimum absolute atomic E-state index is 0.479. The van der Waals surface area contributed by atoms with Gasteiger partial charge >= 0.3 is 0 Å². The van der Waals surface area contributed by atoms with Gasteiger partial charge in [0.2, 0.25) is 0 Å². The van der Waals surface area contributed by atoms with Gasteiger partial charge in [-0.3, -0.25) is 0 Å². The normalized spacial score (nSPS) is 10.8. The van der Waals surface area contributed by atoms with Crippen molar-refractivity contribution in [1.82, 2.24) is 9.55 Å². The maximum atomic E-state index is 5.66. The Morgan fingerprint density at radius 2 is 2.06 bits per heavy atom. The Morgan fingerprint density at radius 3 is 2.65 bits per heavy atom. The topological polar surface area (TPSA) is 43.8 Å². The molecule has 4 heteroatoms. The SMILES string of the molecule is Cc1nc(CN)n(C)c1Cc1ccccc1Br. The standard InChI is InChI=1S/C13H16BrN3/c1-9-12(17(2)13(8-15)16-9)7-10-5-3-4-6-11(10)14/h3-6H,7-8,15H2,1-2H3. The molecule has 0 aliphatic heterocycles. The Kier molecular flexibility index (Phi) is 3.64. The summed E-state index contributed by atoms with van der Waals surface area (Å²) in [6, 6.07) is 8.26. The predicted octanol–water partition coefficient (Wildman–Crippen LogP) is 2.54. The molecule has 0 saturated carbocycles. The van der Waals surface area contributed by atoms with Crippen molar-refractivity contribution in [3.05, 3.63) is 51.5 Å². The maximum Gasteiger partial charge on any atom is 0.122 e. The van der Waals surface area contributed by atoms with Gasteiger partial charge in [-0.15, -0.1) is 0 Å². The lowest BCUT2D eigenvalue weighted by molar-refractivity contribution is 0.760. The van der Waals surface area contributed by atoms with Crippen molar-refractivity contribution in [2.75, 3.05) is 0 Å². The van der Waals surface area contributed by atoms with Crippen LogP contribution >= 0.6 is 15.9 Å². The second-order valence-corrected chi connectivity index (χ2v) is 4.95. The van der Waals surface area contributed by atoms with Crippen LogP contribution in [0.3, 0.4) is 0 Å². The first-order valence-corrected chi connectivity index (χ1v) is 6.37. The molecule has 0 radical (unpaired) electrons. The average molecular weight is 294 g/mol. The van der Waals surface area contributed by atoms with Crippen molar-refractivity contribution < 1.29 is 0 Å². The highest BCUT2D eigenvalue weighted by Crippen LogP contribution is 2.21. The largest absolute Gasteiger partial charge is 0.333 e. The Bertz CT molecular complexity index is 531. The zero-order chi connectivity index (χ0) is 12.4. The molecule has 2 N–H and O–H groups in total. The Hall–Kier alpha value is -1.13. The summed E-state index contributed by atoms with van der Waals surface area (Å²) in [6.45, 7) is 2.51. The lowest BCUT2D eigenvalue weighted by Gasteiger charge is -2.07. The molecule has 0 aliphatic carbocycles. The molecule has 0 amide bonds. The van der Waals surface area contributed by atoms with Crippen LogP contribution in [0, 0.1) is 6.92 Å². The average Bonchev–Trinajstić information content (AvgIpc) is 2.59. The highest BCUT2D eigenvalue weighted by Gasteiger charge is 2.11. The van der Waals surface area contributed by atoms with Gasteiger partial charge in [-0.1, -0.05) is 34.1 Å². The summed E-state index contributed by atoms with van der Waals surface area (Å²) >= 11 is 3.57. The number of imidazole rings is 1. The van der Waals surface area contributed by atoms with Crippen LogP contribution in [-0.2, 0) is 20.0 Å². The molecule has 0 unspecified atom stereocenters. The molecule has 1 heterocycles. The van der Waals surface area contributed by atoms with Crippen LogP contribution in [-0.4, -0.2) is 9.55 Å². The van der Waals surface area contributed by atoms with Crippen molar-refractivity contribution in [1.29, 1.82) is 0 Å². The van der Waals surface area contributed by atoms with Gasteiger partial charge in [0.05, 0.1) is 12.2 Å². The number of aromatic nitrogens is 2. The van der Waals surface area contributed by atoms with Gasteiger partial charge in [-0.25, -0.2) is 4.98 Å². The zero-order valence-electron chi connectivity index (χ0n) is 10.1. The molecule has 3 nitrogen and oxygen atoms in total. The monoisotopic (exact) mass is 293 g/mol. The molecule has 90 valence electrons. The van der Waals surface area contributed by atoms with Crippen LogP contribution in [0.2, 0.25) is 0 Å². The summed E-state index contributed by atoms with van der Waals surface area (Å²) in [5, 5.41) is 0. The quantitative estimate of drug-likeness (QED) is 0.945. The Labute approximate surface area is 110 Å². The zero-order valence-corrected chi connectivity index (χ0v) is 11.7. The fourth-order valence-corrected chi connectivity index (χ4v) is 2.41. The fourth-order valence-electron chi connectivity index (χ4n) is 1.98. The first kappa shape index (κ1) is 12.3. The summed E-state index contributed by atoms with van der Waals surface area (Å²) in [4.78, 5) is 4.48. The lowest BCUT2D eigenvalue weighted by atomic mass is 10.1. The van der Waals surface area contributed by atoms with Gasteiger partial charge in [0, 0.05) is 23.6 Å². The van der Waals surface area contributed by atoms with E-state index in [1.165, 1.54) is 11.3 Å². The van der Waals surface area contributed by atoms with Crippen molar-refractivity contribution in [3.63, 3.8) is 0 Å². The molecule has 2 aromatic rings. The third-order valence-electron chi connectivity index (χ3n) is 3.00. The first-order chi connectivity index (χ1) is 8.13. The minimum atomic E-state index is 0.479. The number of nitrogens with two attached hydrogens (primary N) is 1. The molecule has 0 fully saturated rings. The fraction of sp³-hybridized carbons (Fsp3) is 0.308. The smallest absolute Gasteiger partial charge is 0.122 e. The molecule has 0 spiro atoms. The molecular formula is C13H16BrN3. The summed E-state index contributed by atoms with van der Waals surface area (Å²) in [5.41, 5.74) is 9.21. The van der Waals surface area contributed by atoms with Crippen LogP contribution in [0.5, 0.6) is 0 Å². The van der Waals surface area contributed by atoms with E-state index in [0.717, 1.165) is 22.4 Å². The van der Waals surface area contributed by atoms with Gasteiger partial charge in [-0.2, -0.15) is 0 Å². The molecule has 0 atom stereocenters. The molecule has 1 aromatic carbocycles. The van der Waals surface area contributed by atoms with Gasteiger partial charge in [0.15, 0.2) is 0 Å². The first-order valence-electron chi connectivity index (χ1n) is 5.58. The molecule has 0 saturated heterocycles. The highest BCUT2D eigenvalue weighted by molar-refractivity contribution is 9.10. The van der Waals surface area contributed by atoms with Crippen molar-refractivity contribution in [2.45, 2.75) is 19.9 Å². The second-order valence-electron chi connectivity index (χ2n) is 4.09. The minimum Gasteiger partial charge on any atom is -0.333 e. The third kappa shape index (κ3) is 2.42. The molecule has 0 aliphatic rings. The van der Waals surface area contributed by atoms with Gasteiger partial charge in [-0.05, 0) is 18.6 Å². The third-order valence-corrected chi connectivity index (χ3v) is 3.78. The van der Waals surface area contributed by atoms with E-state index in [0.29, 0.717) is 6.54 Å². The van der Waals surface area contributed by atoms with Crippen molar-refractivity contribution in [3.8, 4) is 0 Å². The van der Waals surface area contributed by atoms with Crippen LogP contribution < -0.4 is 5.73 Å². The number of rotatable bonds is 3. The molecule has 2 rings (SSSR count). The van der Waals surface area contributed by atoms with E-state index in [1.54, 1.807) is 0 Å². The Morgan fingerprint density at radius 1 is 1.35 bits per heavy atom. The number of hydrogen-bond donors (Lipinski definition) is 1. The summed E-state index contributed by atoms with van der Waals surface area (Å²) < 4.78 is 3.23. The van der Waals surface area contributed by atoms with E-state index < -0.39 is 0 Å². The van der Waals surface area contributed by atoms with Crippen molar-refractivity contribution in [2.24, 2.45) is 12.8 Å². The van der Waals surface area contributed by atoms with Crippen LogP contribution in [0.15, 0.2) is 28.7 Å². The van der Waals surface area contributed by atoms with Gasteiger partial charge < -0.3 is 10.3 Å². The maximum absolute atomic E-state index is 5.66. The van der Waals surface area contributed by atoms with Gasteiger partial charge in [0.1, 0.15) is 5.82 Å². The molecular weight excluding hydrogens is 278 g/mol. The van der Waals surface area contributed by atoms with Gasteiger partial charge in [0.25, 0.3) is 0 Å². The molecule has 0 bridgehead atoms. The van der Waals surface area contributed by atoms with Crippen molar-refractivity contribution >= 4 is 15.9 Å². The number of benzene rings is 1. The van der Waals surface area contributed by atoms with E-state index >= 15 is 0 Å². The molecule has 1 aromatic heterocycles. The van der Waals surface area contributed by atoms with E-state index in [1.807, 2.05) is 20.0 Å². The number of hydrogen-bond acceptors (Lipinski definition) is 2. The van der Waals surface area contributed by atoms with E-state index in [9.17, 15) is 0 Å². The van der Waals surface area contributed by atoms with Crippen LogP contribution in [0.1, 0.15) is 22.8 Å². The van der Waals surface area contributed by atoms with E-state index in [-0.39, 0.29) is 0 Å². The lowest BCUT2D eigenvalue weighted by Crippen LogP contribution is -2.07. The van der Waals surface area contributed by atoms with Crippen LogP contribution in [0.4, 0.5) is 0 Å². The number of halogens is 1. The second kappa shape index (κ2) is 5.02. The molecule has 17 heavy (non-hydrogen) atoms.